The number of aryl methyl sites for hydroxylation is 1. The smallest absolute Gasteiger partial charge is 0.412 e. The van der Waals surface area contributed by atoms with E-state index < -0.39 is 18.1 Å². The van der Waals surface area contributed by atoms with Gasteiger partial charge in [-0.3, -0.25) is 15.3 Å². The van der Waals surface area contributed by atoms with E-state index in [1.54, 1.807) is 35.8 Å². The molecule has 2 rings (SSSR count). The van der Waals surface area contributed by atoms with Gasteiger partial charge in [-0.05, 0) is 55.5 Å². The Morgan fingerprint density at radius 2 is 1.78 bits per heavy atom. The molecule has 2 aromatic carbocycles. The molecule has 0 saturated carbocycles. The minimum absolute atomic E-state index is 0.0650. The molecule has 8 nitrogen and oxygen atoms in total. The molecule has 0 unspecified atom stereocenters. The van der Waals surface area contributed by atoms with Gasteiger partial charge >= 0.3 is 6.09 Å². The van der Waals surface area contributed by atoms with Crippen LogP contribution in [-0.2, 0) is 9.53 Å². The fraction of sp³-hybridized carbons (Fsp3) is 0.333. The average Bonchev–Trinajstić information content (AvgIpc) is 2.80. The summed E-state index contributed by atoms with van der Waals surface area (Å²) in [6.45, 7) is 4.04. The van der Waals surface area contributed by atoms with Crippen molar-refractivity contribution in [3.8, 4) is 5.75 Å². The molecule has 2 amide bonds. The van der Waals surface area contributed by atoms with Crippen molar-refractivity contribution in [1.29, 1.82) is 0 Å². The van der Waals surface area contributed by atoms with Gasteiger partial charge in [-0.25, -0.2) is 10.3 Å². The lowest BCUT2D eigenvalue weighted by Gasteiger charge is -2.25. The minimum Gasteiger partial charge on any atom is -0.491 e. The summed E-state index contributed by atoms with van der Waals surface area (Å²) in [5.74, 6) is -0.0533. The van der Waals surface area contributed by atoms with E-state index >= 15 is 0 Å². The maximum atomic E-state index is 12.6. The van der Waals surface area contributed by atoms with Gasteiger partial charge in [0.15, 0.2) is 0 Å². The number of aliphatic hydroxyl groups excluding tert-OH is 1. The molecule has 0 fully saturated rings. The number of carbonyl (C=O) groups is 2. The van der Waals surface area contributed by atoms with Crippen LogP contribution in [0.25, 0.3) is 0 Å². The second-order valence-electron chi connectivity index (χ2n) is 7.39. The molecule has 8 heteroatoms. The van der Waals surface area contributed by atoms with Gasteiger partial charge in [0.05, 0.1) is 6.61 Å². The van der Waals surface area contributed by atoms with E-state index in [0.717, 1.165) is 11.1 Å². The zero-order valence-electron chi connectivity index (χ0n) is 18.3. The van der Waals surface area contributed by atoms with Gasteiger partial charge < -0.3 is 14.6 Å². The fourth-order valence-electron chi connectivity index (χ4n) is 3.07. The van der Waals surface area contributed by atoms with Gasteiger partial charge in [-0.1, -0.05) is 42.8 Å². The first-order valence-corrected chi connectivity index (χ1v) is 10.4. The molecule has 0 saturated heterocycles. The minimum atomic E-state index is -0.596. The number of nitrogens with one attached hydrogen (secondary N) is 2. The summed E-state index contributed by atoms with van der Waals surface area (Å²) < 4.78 is 11.2. The summed E-state index contributed by atoms with van der Waals surface area (Å²) in [6, 6.07) is 14.6. The molecule has 32 heavy (non-hydrogen) atoms. The lowest BCUT2D eigenvalue weighted by Crippen LogP contribution is -2.22. The SMILES string of the molecule is Cc1ccc(NC(=O)O[C@H](c2ccc(OCCO)cc2)[C@H](C)CC/C=C/C(=O)NO)cc1. The maximum Gasteiger partial charge on any atom is 0.412 e. The molecular formula is C24H30N2O6. The third kappa shape index (κ3) is 8.41. The number of amides is 2. The van der Waals surface area contributed by atoms with Crippen molar-refractivity contribution < 1.29 is 29.4 Å². The van der Waals surface area contributed by atoms with Crippen molar-refractivity contribution in [2.45, 2.75) is 32.8 Å². The Bertz CT molecular complexity index is 880. The van der Waals surface area contributed by atoms with Gasteiger partial charge in [0.2, 0.25) is 0 Å². The number of rotatable bonds is 11. The third-order valence-corrected chi connectivity index (χ3v) is 4.79. The number of aliphatic hydroxyl groups is 1. The first-order chi connectivity index (χ1) is 15.4. The monoisotopic (exact) mass is 442 g/mol. The standard InChI is InChI=1S/C24H30N2O6/c1-17-7-11-20(12-8-17)25-24(29)32-23(18(2)5-3-4-6-22(28)26-30)19-9-13-21(14-10-19)31-16-15-27/h4,6-14,18,23,27,30H,3,5,15-16H2,1-2H3,(H,25,29)(H,26,28)/b6-4+/t18-,23+/m1/s1. The van der Waals surface area contributed by atoms with Crippen molar-refractivity contribution in [2.24, 2.45) is 5.92 Å². The quantitative estimate of drug-likeness (QED) is 0.236. The molecule has 2 atom stereocenters. The summed E-state index contributed by atoms with van der Waals surface area (Å²) >= 11 is 0. The van der Waals surface area contributed by atoms with Crippen LogP contribution in [-0.4, -0.2) is 35.5 Å². The summed E-state index contributed by atoms with van der Waals surface area (Å²) in [5, 5.41) is 20.2. The van der Waals surface area contributed by atoms with Crippen molar-refractivity contribution in [3.05, 3.63) is 71.8 Å². The molecule has 0 aliphatic carbocycles. The van der Waals surface area contributed by atoms with Crippen LogP contribution in [0, 0.1) is 12.8 Å². The van der Waals surface area contributed by atoms with Crippen LogP contribution in [0.15, 0.2) is 60.7 Å². The van der Waals surface area contributed by atoms with Crippen LogP contribution in [0.2, 0.25) is 0 Å². The second kappa shape index (κ2) is 13.1. The average molecular weight is 443 g/mol. The molecule has 0 aromatic heterocycles. The molecule has 0 spiro atoms. The van der Waals surface area contributed by atoms with Crippen LogP contribution in [0.4, 0.5) is 10.5 Å². The molecule has 0 bridgehead atoms. The number of hydrogen-bond acceptors (Lipinski definition) is 6. The fourth-order valence-corrected chi connectivity index (χ4v) is 3.07. The second-order valence-corrected chi connectivity index (χ2v) is 7.39. The predicted octanol–water partition coefficient (Wildman–Crippen LogP) is 4.13. The van der Waals surface area contributed by atoms with E-state index in [4.69, 9.17) is 19.8 Å². The molecule has 0 aliphatic heterocycles. The Morgan fingerprint density at radius 1 is 1.09 bits per heavy atom. The number of benzene rings is 2. The van der Waals surface area contributed by atoms with E-state index in [0.29, 0.717) is 24.3 Å². The normalized spacial score (nSPS) is 12.8. The number of anilines is 1. The van der Waals surface area contributed by atoms with Gasteiger partial charge in [0, 0.05) is 11.8 Å². The molecule has 0 radical (unpaired) electrons. The zero-order valence-corrected chi connectivity index (χ0v) is 18.3. The molecule has 0 aliphatic rings. The lowest BCUT2D eigenvalue weighted by molar-refractivity contribution is -0.124. The van der Waals surface area contributed by atoms with Crippen LogP contribution in [0.5, 0.6) is 5.75 Å². The number of carbonyl (C=O) groups excluding carboxylic acids is 2. The lowest BCUT2D eigenvalue weighted by atomic mass is 9.93. The van der Waals surface area contributed by atoms with E-state index in [1.807, 2.05) is 38.1 Å². The zero-order chi connectivity index (χ0) is 23.3. The van der Waals surface area contributed by atoms with Crippen molar-refractivity contribution in [3.63, 3.8) is 0 Å². The number of allylic oxidation sites excluding steroid dienone is 1. The van der Waals surface area contributed by atoms with Gasteiger partial charge in [-0.2, -0.15) is 0 Å². The van der Waals surface area contributed by atoms with Crippen LogP contribution in [0.1, 0.15) is 37.0 Å². The molecule has 4 N–H and O–H groups in total. The van der Waals surface area contributed by atoms with Gasteiger partial charge in [0.1, 0.15) is 18.5 Å². The summed E-state index contributed by atoms with van der Waals surface area (Å²) in [5.41, 5.74) is 4.06. The van der Waals surface area contributed by atoms with E-state index in [9.17, 15) is 9.59 Å². The molecule has 172 valence electrons. The first-order valence-electron chi connectivity index (χ1n) is 10.4. The first kappa shape index (κ1) is 24.9. The van der Waals surface area contributed by atoms with Crippen LogP contribution >= 0.6 is 0 Å². The maximum absolute atomic E-state index is 12.6. The highest BCUT2D eigenvalue weighted by atomic mass is 16.6. The highest BCUT2D eigenvalue weighted by molar-refractivity contribution is 5.86. The van der Waals surface area contributed by atoms with Gasteiger partial charge in [-0.15, -0.1) is 0 Å². The predicted molar refractivity (Wildman–Crippen MR) is 121 cm³/mol. The van der Waals surface area contributed by atoms with E-state index in [2.05, 4.69) is 5.32 Å². The Balaban J connectivity index is 2.10. The number of ether oxygens (including phenoxy) is 2. The van der Waals surface area contributed by atoms with Crippen LogP contribution < -0.4 is 15.5 Å². The van der Waals surface area contributed by atoms with E-state index in [1.165, 1.54) is 6.08 Å². The highest BCUT2D eigenvalue weighted by Crippen LogP contribution is 2.31. The highest BCUT2D eigenvalue weighted by Gasteiger charge is 2.23. The topological polar surface area (TPSA) is 117 Å². The largest absolute Gasteiger partial charge is 0.491 e. The van der Waals surface area contributed by atoms with Gasteiger partial charge in [0.25, 0.3) is 5.91 Å². The van der Waals surface area contributed by atoms with Crippen molar-refractivity contribution >= 4 is 17.7 Å². The third-order valence-electron chi connectivity index (χ3n) is 4.79. The summed E-state index contributed by atoms with van der Waals surface area (Å²) in [6.07, 6.45) is 3.00. The molecule has 0 heterocycles. The Labute approximate surface area is 187 Å². The Morgan fingerprint density at radius 3 is 2.41 bits per heavy atom. The molecular weight excluding hydrogens is 412 g/mol. The van der Waals surface area contributed by atoms with Crippen molar-refractivity contribution in [2.75, 3.05) is 18.5 Å². The van der Waals surface area contributed by atoms with Crippen molar-refractivity contribution in [1.82, 2.24) is 5.48 Å². The Hall–Kier alpha value is -3.36. The number of hydroxylamine groups is 1. The molecule has 2 aromatic rings. The van der Waals surface area contributed by atoms with Crippen LogP contribution in [0.3, 0.4) is 0 Å². The Kier molecular flexibility index (Phi) is 10.2. The van der Waals surface area contributed by atoms with E-state index in [-0.39, 0.29) is 19.1 Å². The summed E-state index contributed by atoms with van der Waals surface area (Å²) in [4.78, 5) is 23.7. The summed E-state index contributed by atoms with van der Waals surface area (Å²) in [7, 11) is 0. The number of hydrogen-bond donors (Lipinski definition) is 4.